The topological polar surface area (TPSA) is 18.5 Å². The molecule has 1 rings (SSSR count). The molecule has 16 heavy (non-hydrogen) atoms. The molecule has 1 aliphatic rings. The van der Waals surface area contributed by atoms with E-state index in [1.54, 1.807) is 0 Å². The SMILES string of the molecule is CCCCOC(CBr)OC1C=CCC1(C)C. The molecule has 94 valence electrons. The number of halogens is 1. The Labute approximate surface area is 108 Å². The van der Waals surface area contributed by atoms with E-state index < -0.39 is 0 Å². The van der Waals surface area contributed by atoms with E-state index in [1.807, 2.05) is 0 Å². The summed E-state index contributed by atoms with van der Waals surface area (Å²) in [5.74, 6) is 0. The van der Waals surface area contributed by atoms with Crippen LogP contribution in [0.4, 0.5) is 0 Å². The van der Waals surface area contributed by atoms with Crippen LogP contribution in [0.1, 0.15) is 40.0 Å². The zero-order chi connectivity index (χ0) is 12.0. The maximum Gasteiger partial charge on any atom is 0.167 e. The molecule has 0 saturated heterocycles. The van der Waals surface area contributed by atoms with Crippen LogP contribution in [-0.2, 0) is 9.47 Å². The van der Waals surface area contributed by atoms with Gasteiger partial charge in [0.15, 0.2) is 6.29 Å². The van der Waals surface area contributed by atoms with E-state index in [1.165, 1.54) is 0 Å². The third kappa shape index (κ3) is 4.19. The fourth-order valence-corrected chi connectivity index (χ4v) is 2.08. The summed E-state index contributed by atoms with van der Waals surface area (Å²) in [6.07, 6.45) is 7.73. The average Bonchev–Trinajstić information content (AvgIpc) is 2.57. The monoisotopic (exact) mass is 290 g/mol. The van der Waals surface area contributed by atoms with Gasteiger partial charge in [-0.25, -0.2) is 0 Å². The molecule has 2 atom stereocenters. The van der Waals surface area contributed by atoms with Gasteiger partial charge in [0, 0.05) is 6.61 Å². The first kappa shape index (κ1) is 14.2. The highest BCUT2D eigenvalue weighted by Crippen LogP contribution is 2.35. The summed E-state index contributed by atoms with van der Waals surface area (Å²) in [6.45, 7) is 7.41. The van der Waals surface area contributed by atoms with Crippen LogP contribution in [0.5, 0.6) is 0 Å². The van der Waals surface area contributed by atoms with E-state index >= 15 is 0 Å². The van der Waals surface area contributed by atoms with Crippen molar-refractivity contribution in [2.45, 2.75) is 52.4 Å². The quantitative estimate of drug-likeness (QED) is 0.306. The molecule has 0 spiro atoms. The summed E-state index contributed by atoms with van der Waals surface area (Å²) in [5.41, 5.74) is 0.203. The molecule has 0 aromatic heterocycles. The maximum atomic E-state index is 5.97. The van der Waals surface area contributed by atoms with E-state index in [9.17, 15) is 0 Å². The van der Waals surface area contributed by atoms with Gasteiger partial charge in [-0.1, -0.05) is 55.3 Å². The lowest BCUT2D eigenvalue weighted by molar-refractivity contribution is -0.164. The predicted molar refractivity (Wildman–Crippen MR) is 70.9 cm³/mol. The van der Waals surface area contributed by atoms with Gasteiger partial charge in [-0.15, -0.1) is 0 Å². The lowest BCUT2D eigenvalue weighted by Gasteiger charge is -2.30. The number of alkyl halides is 1. The van der Waals surface area contributed by atoms with Crippen LogP contribution < -0.4 is 0 Å². The Bertz CT molecular complexity index is 226. The molecular weight excluding hydrogens is 268 g/mol. The number of ether oxygens (including phenoxy) is 2. The molecule has 0 saturated carbocycles. The van der Waals surface area contributed by atoms with E-state index in [4.69, 9.17) is 9.47 Å². The van der Waals surface area contributed by atoms with E-state index in [-0.39, 0.29) is 17.8 Å². The minimum Gasteiger partial charge on any atom is -0.352 e. The van der Waals surface area contributed by atoms with Crippen LogP contribution >= 0.6 is 15.9 Å². The average molecular weight is 291 g/mol. The van der Waals surface area contributed by atoms with E-state index in [0.29, 0.717) is 0 Å². The lowest BCUT2D eigenvalue weighted by atomic mass is 9.88. The van der Waals surface area contributed by atoms with Crippen molar-refractivity contribution in [2.75, 3.05) is 11.9 Å². The highest BCUT2D eigenvalue weighted by Gasteiger charge is 2.33. The van der Waals surface area contributed by atoms with Crippen molar-refractivity contribution in [1.82, 2.24) is 0 Å². The van der Waals surface area contributed by atoms with Gasteiger partial charge in [-0.05, 0) is 18.3 Å². The summed E-state index contributed by atoms with van der Waals surface area (Å²) in [6, 6.07) is 0. The minimum atomic E-state index is -0.126. The second kappa shape index (κ2) is 6.77. The Morgan fingerprint density at radius 1 is 1.50 bits per heavy atom. The Balaban J connectivity index is 2.35. The lowest BCUT2D eigenvalue weighted by Crippen LogP contribution is -2.33. The summed E-state index contributed by atoms with van der Waals surface area (Å²) in [4.78, 5) is 0. The highest BCUT2D eigenvalue weighted by molar-refractivity contribution is 9.09. The third-order valence-corrected chi connectivity index (χ3v) is 3.48. The van der Waals surface area contributed by atoms with E-state index in [2.05, 4.69) is 48.9 Å². The first-order valence-corrected chi connectivity index (χ1v) is 7.22. The summed E-state index contributed by atoms with van der Waals surface area (Å²) in [5, 5.41) is 0.733. The molecule has 0 fully saturated rings. The molecular formula is C13H23BrO2. The van der Waals surface area contributed by atoms with Crippen LogP contribution in [0.2, 0.25) is 0 Å². The van der Waals surface area contributed by atoms with Crippen molar-refractivity contribution in [2.24, 2.45) is 5.41 Å². The first-order chi connectivity index (χ1) is 7.60. The van der Waals surface area contributed by atoms with Crippen molar-refractivity contribution >= 4 is 15.9 Å². The van der Waals surface area contributed by atoms with Crippen molar-refractivity contribution in [3.63, 3.8) is 0 Å². The Hall–Kier alpha value is 0.140. The Kier molecular flexibility index (Phi) is 6.01. The van der Waals surface area contributed by atoms with Crippen molar-refractivity contribution in [3.05, 3.63) is 12.2 Å². The van der Waals surface area contributed by atoms with Gasteiger partial charge in [-0.2, -0.15) is 0 Å². The smallest absolute Gasteiger partial charge is 0.167 e. The molecule has 0 radical (unpaired) electrons. The van der Waals surface area contributed by atoms with Crippen LogP contribution in [0.15, 0.2) is 12.2 Å². The molecule has 2 unspecified atom stereocenters. The number of allylic oxidation sites excluding steroid dienone is 1. The fourth-order valence-electron chi connectivity index (χ4n) is 1.74. The summed E-state index contributed by atoms with van der Waals surface area (Å²) >= 11 is 3.44. The van der Waals surface area contributed by atoms with Gasteiger partial charge in [0.2, 0.25) is 0 Å². The van der Waals surface area contributed by atoms with Crippen LogP contribution in [-0.4, -0.2) is 24.3 Å². The fraction of sp³-hybridized carbons (Fsp3) is 0.846. The zero-order valence-electron chi connectivity index (χ0n) is 10.5. The van der Waals surface area contributed by atoms with E-state index in [0.717, 1.165) is 31.2 Å². The number of hydrogen-bond acceptors (Lipinski definition) is 2. The predicted octanol–water partition coefficient (Wildman–Crippen LogP) is 3.90. The minimum absolute atomic E-state index is 0.126. The highest BCUT2D eigenvalue weighted by atomic mass is 79.9. The molecule has 2 nitrogen and oxygen atoms in total. The first-order valence-electron chi connectivity index (χ1n) is 6.10. The normalized spacial score (nSPS) is 24.9. The molecule has 1 aliphatic carbocycles. The van der Waals surface area contributed by atoms with Crippen LogP contribution in [0.25, 0.3) is 0 Å². The summed E-state index contributed by atoms with van der Waals surface area (Å²) in [7, 11) is 0. The van der Waals surface area contributed by atoms with Crippen LogP contribution in [0.3, 0.4) is 0 Å². The van der Waals surface area contributed by atoms with Gasteiger partial charge in [-0.3, -0.25) is 0 Å². The number of rotatable bonds is 7. The van der Waals surface area contributed by atoms with Gasteiger partial charge < -0.3 is 9.47 Å². The summed E-state index contributed by atoms with van der Waals surface area (Å²) < 4.78 is 11.7. The van der Waals surface area contributed by atoms with Gasteiger partial charge in [0.25, 0.3) is 0 Å². The van der Waals surface area contributed by atoms with Gasteiger partial charge >= 0.3 is 0 Å². The Morgan fingerprint density at radius 3 is 2.75 bits per heavy atom. The molecule has 0 aliphatic heterocycles. The molecule has 0 aromatic carbocycles. The molecule has 0 N–H and O–H groups in total. The third-order valence-electron chi connectivity index (χ3n) is 2.95. The van der Waals surface area contributed by atoms with Crippen LogP contribution in [0, 0.1) is 5.41 Å². The molecule has 0 bridgehead atoms. The van der Waals surface area contributed by atoms with Gasteiger partial charge in [0.05, 0.1) is 11.4 Å². The second-order valence-electron chi connectivity index (χ2n) is 4.99. The van der Waals surface area contributed by atoms with Crippen molar-refractivity contribution in [3.8, 4) is 0 Å². The van der Waals surface area contributed by atoms with Crippen molar-refractivity contribution < 1.29 is 9.47 Å². The number of unbranched alkanes of at least 4 members (excludes halogenated alkanes) is 1. The van der Waals surface area contributed by atoms with Gasteiger partial charge in [0.1, 0.15) is 0 Å². The Morgan fingerprint density at radius 2 is 2.25 bits per heavy atom. The molecule has 3 heteroatoms. The van der Waals surface area contributed by atoms with Crippen molar-refractivity contribution in [1.29, 1.82) is 0 Å². The molecule has 0 aromatic rings. The zero-order valence-corrected chi connectivity index (χ0v) is 12.1. The maximum absolute atomic E-state index is 5.97. The number of hydrogen-bond donors (Lipinski definition) is 0. The molecule has 0 amide bonds. The second-order valence-corrected chi connectivity index (χ2v) is 5.63. The molecule has 0 heterocycles. The standard InChI is InChI=1S/C13H23BrO2/c1-4-5-9-15-12(10-14)16-11-7-6-8-13(11,2)3/h6-7,11-12H,4-5,8-10H2,1-3H3. The largest absolute Gasteiger partial charge is 0.352 e.